The predicted octanol–water partition coefficient (Wildman–Crippen LogP) is 6.20. The number of benzene rings is 3. The fourth-order valence-corrected chi connectivity index (χ4v) is 5.28. The van der Waals surface area contributed by atoms with E-state index < -0.39 is 18.0 Å². The van der Waals surface area contributed by atoms with Crippen LogP contribution >= 0.6 is 46.3 Å². The van der Waals surface area contributed by atoms with Crippen LogP contribution in [0, 0.1) is 5.92 Å². The molecule has 3 aromatic carbocycles. The maximum absolute atomic E-state index is 14.0. The highest BCUT2D eigenvalue weighted by Gasteiger charge is 2.34. The highest BCUT2D eigenvalue weighted by molar-refractivity contribution is 7.10. The first-order valence-corrected chi connectivity index (χ1v) is 14.0. The van der Waals surface area contributed by atoms with Crippen molar-refractivity contribution in [3.8, 4) is 0 Å². The molecule has 5 rings (SSSR count). The van der Waals surface area contributed by atoms with Crippen molar-refractivity contribution in [3.05, 3.63) is 110 Å². The molecule has 0 spiro atoms. The van der Waals surface area contributed by atoms with E-state index in [0.29, 0.717) is 37.9 Å². The normalized spacial score (nSPS) is 15.8. The van der Waals surface area contributed by atoms with Gasteiger partial charge in [0.05, 0.1) is 28.0 Å². The molecule has 2 atom stereocenters. The van der Waals surface area contributed by atoms with Gasteiger partial charge in [-0.15, -0.1) is 5.10 Å². The van der Waals surface area contributed by atoms with Crippen LogP contribution in [-0.4, -0.2) is 33.3 Å². The van der Waals surface area contributed by atoms with E-state index in [1.165, 1.54) is 0 Å². The van der Waals surface area contributed by atoms with Crippen molar-refractivity contribution in [2.24, 2.45) is 10.9 Å². The SMILES string of the molecule is CC(Cc1ccc(Cl)c(Cl)c1)C(=O)NC1N=C(c2ccccc2)c2ccccc2N(Cc2nnsc2Cl)C1=O. The molecule has 0 saturated heterocycles. The maximum Gasteiger partial charge on any atom is 0.272 e. The molecule has 1 aliphatic heterocycles. The quantitative estimate of drug-likeness (QED) is 0.274. The smallest absolute Gasteiger partial charge is 0.272 e. The highest BCUT2D eigenvalue weighted by Crippen LogP contribution is 2.31. The van der Waals surface area contributed by atoms with E-state index in [2.05, 4.69) is 14.9 Å². The van der Waals surface area contributed by atoms with Crippen LogP contribution in [0.15, 0.2) is 77.8 Å². The number of nitrogens with one attached hydrogen (secondary N) is 1. The summed E-state index contributed by atoms with van der Waals surface area (Å²) in [5.41, 5.74) is 4.10. The van der Waals surface area contributed by atoms with Crippen LogP contribution in [0.4, 0.5) is 5.69 Å². The lowest BCUT2D eigenvalue weighted by Crippen LogP contribution is -2.48. The number of aliphatic imine (C=N–C) groups is 1. The van der Waals surface area contributed by atoms with E-state index in [-0.39, 0.29) is 12.5 Å². The number of rotatable bonds is 7. The van der Waals surface area contributed by atoms with Gasteiger partial charge in [-0.25, -0.2) is 4.99 Å². The van der Waals surface area contributed by atoms with Crippen LogP contribution in [0.3, 0.4) is 0 Å². The first-order valence-electron chi connectivity index (χ1n) is 12.1. The van der Waals surface area contributed by atoms with Gasteiger partial charge in [0.1, 0.15) is 10.0 Å². The van der Waals surface area contributed by atoms with Gasteiger partial charge in [0.2, 0.25) is 12.1 Å². The van der Waals surface area contributed by atoms with E-state index in [1.54, 1.807) is 24.0 Å². The lowest BCUT2D eigenvalue weighted by Gasteiger charge is -2.25. The topological polar surface area (TPSA) is 87.6 Å². The van der Waals surface area contributed by atoms with Crippen molar-refractivity contribution >= 4 is 69.5 Å². The molecule has 0 radical (unpaired) electrons. The van der Waals surface area contributed by atoms with E-state index in [4.69, 9.17) is 39.8 Å². The van der Waals surface area contributed by atoms with Gasteiger partial charge in [-0.3, -0.25) is 9.59 Å². The van der Waals surface area contributed by atoms with Crippen LogP contribution in [0.5, 0.6) is 0 Å². The largest absolute Gasteiger partial charge is 0.326 e. The average Bonchev–Trinajstić information content (AvgIpc) is 3.31. The van der Waals surface area contributed by atoms with Gasteiger partial charge in [-0.2, -0.15) is 0 Å². The number of aromatic nitrogens is 2. The molecule has 11 heteroatoms. The Morgan fingerprint density at radius 2 is 1.77 bits per heavy atom. The van der Waals surface area contributed by atoms with Crippen molar-refractivity contribution in [3.63, 3.8) is 0 Å². The number of anilines is 1. The zero-order valence-corrected chi connectivity index (χ0v) is 23.7. The van der Waals surface area contributed by atoms with Gasteiger partial charge >= 0.3 is 0 Å². The molecule has 7 nitrogen and oxygen atoms in total. The average molecular weight is 599 g/mol. The van der Waals surface area contributed by atoms with Gasteiger partial charge in [-0.1, -0.05) is 101 Å². The number of carbonyl (C=O) groups excluding carboxylic acids is 2. The lowest BCUT2D eigenvalue weighted by molar-refractivity contribution is -0.129. The van der Waals surface area contributed by atoms with E-state index >= 15 is 0 Å². The van der Waals surface area contributed by atoms with Crippen molar-refractivity contribution in [1.29, 1.82) is 0 Å². The van der Waals surface area contributed by atoms with Crippen LogP contribution in [0.1, 0.15) is 29.3 Å². The molecule has 2 amide bonds. The van der Waals surface area contributed by atoms with Crippen molar-refractivity contribution in [2.75, 3.05) is 4.90 Å². The van der Waals surface area contributed by atoms with E-state index in [0.717, 1.165) is 28.2 Å². The van der Waals surface area contributed by atoms with Crippen LogP contribution in [0.25, 0.3) is 0 Å². The van der Waals surface area contributed by atoms with Gasteiger partial charge in [0.15, 0.2) is 0 Å². The number of para-hydroxylation sites is 1. The zero-order chi connectivity index (χ0) is 27.5. The second-order valence-corrected chi connectivity index (χ2v) is 11.2. The third kappa shape index (κ3) is 5.99. The number of halogens is 3. The van der Waals surface area contributed by atoms with Gasteiger partial charge in [-0.05, 0) is 30.2 Å². The molecule has 0 aliphatic carbocycles. The van der Waals surface area contributed by atoms with E-state index in [9.17, 15) is 9.59 Å². The molecule has 2 unspecified atom stereocenters. The number of benzodiazepines with no additional fused rings is 1. The first kappa shape index (κ1) is 27.3. The molecule has 39 heavy (non-hydrogen) atoms. The van der Waals surface area contributed by atoms with Crippen molar-refractivity contribution in [1.82, 2.24) is 14.9 Å². The number of nitrogens with zero attached hydrogens (tertiary/aromatic N) is 4. The summed E-state index contributed by atoms with van der Waals surface area (Å²) in [6, 6.07) is 22.3. The Hall–Kier alpha value is -3.30. The molecule has 2 heterocycles. The van der Waals surface area contributed by atoms with Crippen LogP contribution in [0.2, 0.25) is 14.4 Å². The summed E-state index contributed by atoms with van der Waals surface area (Å²) in [5, 5.41) is 7.83. The molecule has 0 bridgehead atoms. The maximum atomic E-state index is 14.0. The number of carbonyl (C=O) groups is 2. The molecule has 0 saturated carbocycles. The van der Waals surface area contributed by atoms with Gasteiger partial charge < -0.3 is 10.2 Å². The Labute approximate surface area is 244 Å². The Morgan fingerprint density at radius 1 is 1.03 bits per heavy atom. The molecule has 198 valence electrons. The molecular weight excluding hydrogens is 577 g/mol. The second kappa shape index (κ2) is 11.8. The minimum Gasteiger partial charge on any atom is -0.326 e. The minimum atomic E-state index is -1.18. The first-order chi connectivity index (χ1) is 18.8. The number of hydrogen-bond donors (Lipinski definition) is 1. The summed E-state index contributed by atoms with van der Waals surface area (Å²) in [5.74, 6) is -1.20. The summed E-state index contributed by atoms with van der Waals surface area (Å²) in [6.45, 7) is 1.86. The predicted molar refractivity (Wildman–Crippen MR) is 156 cm³/mol. The summed E-state index contributed by atoms with van der Waals surface area (Å²) in [4.78, 5) is 33.7. The second-order valence-electron chi connectivity index (χ2n) is 9.04. The van der Waals surface area contributed by atoms with Crippen LogP contribution < -0.4 is 10.2 Å². The molecule has 1 N–H and O–H groups in total. The van der Waals surface area contributed by atoms with Crippen molar-refractivity contribution in [2.45, 2.75) is 26.1 Å². The number of hydrogen-bond acceptors (Lipinski definition) is 6. The summed E-state index contributed by atoms with van der Waals surface area (Å²) < 4.78 is 4.30. The fraction of sp³-hybridized carbons (Fsp3) is 0.179. The van der Waals surface area contributed by atoms with Gasteiger partial charge in [0.25, 0.3) is 5.91 Å². The monoisotopic (exact) mass is 597 g/mol. The molecular formula is C28H22Cl3N5O2S. The third-order valence-corrected chi connectivity index (χ3v) is 8.05. The molecule has 1 aromatic heterocycles. The number of fused-ring (bicyclic) bond motifs is 1. The Bertz CT molecular complexity index is 1560. The van der Waals surface area contributed by atoms with E-state index in [1.807, 2.05) is 60.7 Å². The summed E-state index contributed by atoms with van der Waals surface area (Å²) >= 11 is 19.5. The molecule has 4 aromatic rings. The minimum absolute atomic E-state index is 0.0773. The molecule has 1 aliphatic rings. The summed E-state index contributed by atoms with van der Waals surface area (Å²) in [7, 11) is 0. The molecule has 0 fully saturated rings. The Kier molecular flexibility index (Phi) is 8.28. The fourth-order valence-electron chi connectivity index (χ4n) is 4.34. The Morgan fingerprint density at radius 3 is 2.49 bits per heavy atom. The highest BCUT2D eigenvalue weighted by atomic mass is 35.5. The standard InChI is InChI=1S/C28H22Cl3N5O2S/c1-16(13-17-11-12-20(29)21(30)14-17)27(37)33-26-28(38)36(15-22-25(31)39-35-34-22)23-10-6-5-9-19(23)24(32-26)18-7-3-2-4-8-18/h2-12,14,16,26H,13,15H2,1H3,(H,33,37). The lowest BCUT2D eigenvalue weighted by atomic mass is 10.00. The Balaban J connectivity index is 1.50. The third-order valence-electron chi connectivity index (χ3n) is 6.33. The van der Waals surface area contributed by atoms with Crippen molar-refractivity contribution < 1.29 is 9.59 Å². The number of amides is 2. The van der Waals surface area contributed by atoms with Gasteiger partial charge in [0, 0.05) is 28.6 Å². The summed E-state index contributed by atoms with van der Waals surface area (Å²) in [6.07, 6.45) is -0.773. The van der Waals surface area contributed by atoms with Crippen LogP contribution in [-0.2, 0) is 22.6 Å². The zero-order valence-electron chi connectivity index (χ0n) is 20.6.